The van der Waals surface area contributed by atoms with Crippen LogP contribution in [0.5, 0.6) is 11.5 Å². The molecule has 162 valence electrons. The van der Waals surface area contributed by atoms with E-state index in [0.717, 1.165) is 17.7 Å². The van der Waals surface area contributed by atoms with E-state index in [1.165, 1.54) is 18.9 Å². The number of carbonyl (C=O) groups excluding carboxylic acids is 1. The van der Waals surface area contributed by atoms with Crippen LogP contribution in [-0.4, -0.2) is 47.3 Å². The van der Waals surface area contributed by atoms with Gasteiger partial charge in [0.05, 0.1) is 21.3 Å². The molecule has 1 fully saturated rings. The summed E-state index contributed by atoms with van der Waals surface area (Å²) < 4.78 is 11.4. The first-order chi connectivity index (χ1) is 14.9. The van der Waals surface area contributed by atoms with Crippen LogP contribution in [0, 0.1) is 3.57 Å². The van der Waals surface area contributed by atoms with Crippen LogP contribution in [0.15, 0.2) is 52.4 Å². The maximum absolute atomic E-state index is 13.0. The Morgan fingerprint density at radius 3 is 2.68 bits per heavy atom. The predicted molar refractivity (Wildman–Crippen MR) is 130 cm³/mol. The summed E-state index contributed by atoms with van der Waals surface area (Å²) in [5, 5.41) is 9.51. The van der Waals surface area contributed by atoms with E-state index in [0.29, 0.717) is 31.7 Å². The van der Waals surface area contributed by atoms with Crippen molar-refractivity contribution in [3.8, 4) is 11.5 Å². The average Bonchev–Trinajstić information content (AvgIpc) is 3.02. The largest absolute Gasteiger partial charge is 0.493 e. The summed E-state index contributed by atoms with van der Waals surface area (Å²) >= 11 is 3.39. The fourth-order valence-corrected chi connectivity index (χ4v) is 4.68. The van der Waals surface area contributed by atoms with Gasteiger partial charge in [0.1, 0.15) is 0 Å². The van der Waals surface area contributed by atoms with Gasteiger partial charge in [-0.3, -0.25) is 9.69 Å². The van der Waals surface area contributed by atoms with Crippen molar-refractivity contribution in [3.05, 3.63) is 56.5 Å². The second kappa shape index (κ2) is 10.7. The molecule has 0 saturated carbocycles. The smallest absolute Gasteiger partial charge is 0.341 e. The lowest BCUT2D eigenvalue weighted by Crippen LogP contribution is -2.29. The number of halogens is 1. The number of hydrogen-bond acceptors (Lipinski definition) is 6. The number of aliphatic carboxylic acids is 1. The number of rotatable bonds is 8. The van der Waals surface area contributed by atoms with Crippen LogP contribution >= 0.6 is 34.4 Å². The van der Waals surface area contributed by atoms with E-state index in [1.807, 2.05) is 43.3 Å². The number of benzene rings is 2. The monoisotopic (exact) mass is 552 g/mol. The van der Waals surface area contributed by atoms with Gasteiger partial charge in [-0.25, -0.2) is 9.79 Å². The Morgan fingerprint density at radius 2 is 2.03 bits per heavy atom. The molecule has 1 heterocycles. The van der Waals surface area contributed by atoms with E-state index in [-0.39, 0.29) is 5.91 Å². The number of hydrogen-bond donors (Lipinski definition) is 1. The van der Waals surface area contributed by atoms with Crippen molar-refractivity contribution in [1.82, 2.24) is 4.90 Å². The van der Waals surface area contributed by atoms with Crippen molar-refractivity contribution in [1.29, 1.82) is 0 Å². The average molecular weight is 552 g/mol. The van der Waals surface area contributed by atoms with E-state index < -0.39 is 12.6 Å². The molecule has 0 radical (unpaired) electrons. The van der Waals surface area contributed by atoms with Gasteiger partial charge in [0.25, 0.3) is 5.91 Å². The number of ether oxygens (including phenoxy) is 2. The van der Waals surface area contributed by atoms with Crippen molar-refractivity contribution in [3.63, 3.8) is 0 Å². The van der Waals surface area contributed by atoms with Gasteiger partial charge >= 0.3 is 5.97 Å². The molecular formula is C22H21IN2O5S. The number of carbonyl (C=O) groups is 2. The Hall–Kier alpha value is -2.53. The van der Waals surface area contributed by atoms with Gasteiger partial charge < -0.3 is 14.6 Å². The summed E-state index contributed by atoms with van der Waals surface area (Å²) in [6.07, 6.45) is 2.60. The number of aliphatic imine (C=N–C) groups is 1. The number of amidine groups is 1. The number of thioether (sulfide) groups is 1. The second-order valence-electron chi connectivity index (χ2n) is 6.51. The van der Waals surface area contributed by atoms with Crippen molar-refractivity contribution >= 4 is 63.2 Å². The van der Waals surface area contributed by atoms with Gasteiger partial charge in [0.15, 0.2) is 23.3 Å². The van der Waals surface area contributed by atoms with E-state index in [4.69, 9.17) is 14.6 Å². The Morgan fingerprint density at radius 1 is 1.29 bits per heavy atom. The first-order valence-electron chi connectivity index (χ1n) is 9.50. The van der Waals surface area contributed by atoms with Crippen molar-refractivity contribution in [2.75, 3.05) is 20.3 Å². The molecule has 1 N–H and O–H groups in total. The molecule has 0 bridgehead atoms. The third kappa shape index (κ3) is 5.79. The molecule has 0 spiro atoms. The Kier molecular flexibility index (Phi) is 7.97. The number of para-hydroxylation sites is 1. The van der Waals surface area contributed by atoms with Crippen LogP contribution in [0.2, 0.25) is 0 Å². The minimum absolute atomic E-state index is 0.0956. The zero-order chi connectivity index (χ0) is 22.4. The molecule has 1 aliphatic rings. The topological polar surface area (TPSA) is 88.4 Å². The molecule has 31 heavy (non-hydrogen) atoms. The van der Waals surface area contributed by atoms with E-state index in [2.05, 4.69) is 27.6 Å². The third-order valence-corrected chi connectivity index (χ3v) is 6.01. The minimum Gasteiger partial charge on any atom is -0.493 e. The number of methoxy groups -OCH3 is 1. The lowest BCUT2D eigenvalue weighted by molar-refractivity contribution is -0.139. The number of amides is 1. The van der Waals surface area contributed by atoms with Gasteiger partial charge in [0.2, 0.25) is 0 Å². The van der Waals surface area contributed by atoms with E-state index in [9.17, 15) is 9.59 Å². The fourth-order valence-electron chi connectivity index (χ4n) is 2.87. The fraction of sp³-hybridized carbons (Fsp3) is 0.227. The molecule has 0 aliphatic carbocycles. The molecule has 7 nitrogen and oxygen atoms in total. The number of carboxylic acids is 1. The summed E-state index contributed by atoms with van der Waals surface area (Å²) in [7, 11) is 1.49. The summed E-state index contributed by atoms with van der Waals surface area (Å²) in [6.45, 7) is 2.13. The molecule has 2 aromatic rings. The summed E-state index contributed by atoms with van der Waals surface area (Å²) in [4.78, 5) is 30.7. The zero-order valence-electron chi connectivity index (χ0n) is 17.0. The molecule has 1 aliphatic heterocycles. The summed E-state index contributed by atoms with van der Waals surface area (Å²) in [6, 6.07) is 13.1. The molecule has 1 amide bonds. The highest BCUT2D eigenvalue weighted by molar-refractivity contribution is 14.1. The van der Waals surface area contributed by atoms with Gasteiger partial charge in [-0.15, -0.1) is 0 Å². The first-order valence-corrected chi connectivity index (χ1v) is 11.4. The van der Waals surface area contributed by atoms with Crippen LogP contribution < -0.4 is 9.47 Å². The summed E-state index contributed by atoms with van der Waals surface area (Å²) in [5.41, 5.74) is 1.54. The highest BCUT2D eigenvalue weighted by Gasteiger charge is 2.32. The SMILES string of the molecule is CCCN1C(=O)/C(=C\c2cc(I)c(OCC(=O)O)c(OC)c2)SC1=Nc1ccccc1. The lowest BCUT2D eigenvalue weighted by Gasteiger charge is -2.14. The minimum atomic E-state index is -1.07. The molecule has 0 atom stereocenters. The predicted octanol–water partition coefficient (Wildman–Crippen LogP) is 4.78. The molecule has 2 aromatic carbocycles. The highest BCUT2D eigenvalue weighted by Crippen LogP contribution is 2.38. The number of nitrogens with zero attached hydrogens (tertiary/aromatic N) is 2. The van der Waals surface area contributed by atoms with Crippen molar-refractivity contribution in [2.45, 2.75) is 13.3 Å². The Labute approximate surface area is 198 Å². The highest BCUT2D eigenvalue weighted by atomic mass is 127. The summed E-state index contributed by atoms with van der Waals surface area (Å²) in [5.74, 6) is -0.406. The third-order valence-electron chi connectivity index (χ3n) is 4.21. The van der Waals surface area contributed by atoms with Crippen LogP contribution in [-0.2, 0) is 9.59 Å². The Balaban J connectivity index is 1.93. The quantitative estimate of drug-likeness (QED) is 0.375. The normalized spacial score (nSPS) is 16.2. The maximum atomic E-state index is 13.0. The maximum Gasteiger partial charge on any atom is 0.341 e. The number of carboxylic acid groups (broad SMARTS) is 1. The van der Waals surface area contributed by atoms with Gasteiger partial charge in [-0.2, -0.15) is 0 Å². The van der Waals surface area contributed by atoms with Gasteiger partial charge in [0, 0.05) is 6.54 Å². The van der Waals surface area contributed by atoms with Crippen molar-refractivity contribution < 1.29 is 24.2 Å². The molecule has 3 rings (SSSR count). The Bertz CT molecular complexity index is 1040. The van der Waals surface area contributed by atoms with Crippen LogP contribution in [0.3, 0.4) is 0 Å². The molecule has 9 heteroatoms. The second-order valence-corrected chi connectivity index (χ2v) is 8.69. The lowest BCUT2D eigenvalue weighted by atomic mass is 10.2. The van der Waals surface area contributed by atoms with Crippen LogP contribution in [0.4, 0.5) is 5.69 Å². The molecule has 0 unspecified atom stereocenters. The molecular weight excluding hydrogens is 531 g/mol. The van der Waals surface area contributed by atoms with Crippen LogP contribution in [0.25, 0.3) is 6.08 Å². The zero-order valence-corrected chi connectivity index (χ0v) is 20.0. The van der Waals surface area contributed by atoms with E-state index in [1.54, 1.807) is 17.0 Å². The molecule has 1 saturated heterocycles. The molecule has 0 aromatic heterocycles. The van der Waals surface area contributed by atoms with Gasteiger partial charge in [-0.1, -0.05) is 25.1 Å². The van der Waals surface area contributed by atoms with Crippen molar-refractivity contribution in [2.24, 2.45) is 4.99 Å². The first kappa shape index (κ1) is 23.1. The van der Waals surface area contributed by atoms with E-state index >= 15 is 0 Å². The standard InChI is InChI=1S/C22H21IN2O5S/c1-3-9-25-21(28)18(31-22(25)24-15-7-5-4-6-8-15)12-14-10-16(23)20(17(11-14)29-2)30-13-19(26)27/h4-8,10-12H,3,9,13H2,1-2H3,(H,26,27)/b18-12+,24-22?. The van der Waals surface area contributed by atoms with Crippen LogP contribution in [0.1, 0.15) is 18.9 Å². The van der Waals surface area contributed by atoms with Gasteiger partial charge in [-0.05, 0) is 76.7 Å².